The Balaban J connectivity index is 1.62. The van der Waals surface area contributed by atoms with Crippen LogP contribution in [0.4, 0.5) is 0 Å². The molecule has 1 aliphatic rings. The van der Waals surface area contributed by atoms with Gasteiger partial charge in [0.05, 0.1) is 12.4 Å². The van der Waals surface area contributed by atoms with Gasteiger partial charge in [0.25, 0.3) is 0 Å². The van der Waals surface area contributed by atoms with Crippen LogP contribution < -0.4 is 10.1 Å². The second-order valence-electron chi connectivity index (χ2n) is 4.67. The van der Waals surface area contributed by atoms with Crippen molar-refractivity contribution in [1.82, 2.24) is 15.1 Å². The van der Waals surface area contributed by atoms with Crippen molar-refractivity contribution in [3.05, 3.63) is 42.7 Å². The normalized spacial score (nSPS) is 19.0. The van der Waals surface area contributed by atoms with E-state index in [0.29, 0.717) is 5.92 Å². The van der Waals surface area contributed by atoms with Crippen molar-refractivity contribution in [3.8, 4) is 11.5 Å². The van der Waals surface area contributed by atoms with Gasteiger partial charge >= 0.3 is 0 Å². The second kappa shape index (κ2) is 5.23. The Kier molecular flexibility index (Phi) is 3.28. The summed E-state index contributed by atoms with van der Waals surface area (Å²) in [5.74, 6) is 2.33. The Hall–Kier alpha value is -1.81. The Labute approximate surface area is 107 Å². The zero-order chi connectivity index (χ0) is 12.2. The highest BCUT2D eigenvalue weighted by Gasteiger charge is 2.15. The van der Waals surface area contributed by atoms with Gasteiger partial charge in [-0.1, -0.05) is 18.2 Å². The van der Waals surface area contributed by atoms with E-state index in [-0.39, 0.29) is 0 Å². The molecule has 0 spiro atoms. The Morgan fingerprint density at radius 3 is 2.94 bits per heavy atom. The van der Waals surface area contributed by atoms with Crippen molar-refractivity contribution in [3.63, 3.8) is 0 Å². The first-order valence-corrected chi connectivity index (χ1v) is 6.36. The number of nitrogens with zero attached hydrogens (tertiary/aromatic N) is 2. The predicted octanol–water partition coefficient (Wildman–Crippen LogP) is 2.28. The van der Waals surface area contributed by atoms with Crippen molar-refractivity contribution in [2.75, 3.05) is 13.1 Å². The molecule has 0 bridgehead atoms. The molecule has 0 amide bonds. The van der Waals surface area contributed by atoms with Crippen molar-refractivity contribution in [2.24, 2.45) is 5.92 Å². The minimum Gasteiger partial charge on any atom is -0.454 e. The topological polar surface area (TPSA) is 39.1 Å². The molecule has 1 fully saturated rings. The van der Waals surface area contributed by atoms with Crippen LogP contribution in [0.15, 0.2) is 42.7 Å². The van der Waals surface area contributed by atoms with Gasteiger partial charge in [0, 0.05) is 6.54 Å². The monoisotopic (exact) mass is 243 g/mol. The number of hydrogen-bond acceptors (Lipinski definition) is 3. The summed E-state index contributed by atoms with van der Waals surface area (Å²) in [6, 6.07) is 9.79. The SMILES string of the molecule is c1ccc(Oc2cnn(CC3CCNC3)c2)cc1. The van der Waals surface area contributed by atoms with E-state index in [1.54, 1.807) is 6.20 Å². The van der Waals surface area contributed by atoms with Crippen LogP contribution in [0.25, 0.3) is 0 Å². The molecule has 0 aliphatic carbocycles. The molecule has 1 N–H and O–H groups in total. The summed E-state index contributed by atoms with van der Waals surface area (Å²) in [6.45, 7) is 3.18. The van der Waals surface area contributed by atoms with Crippen molar-refractivity contribution in [2.45, 2.75) is 13.0 Å². The molecular formula is C14H17N3O. The molecule has 3 rings (SSSR count). The summed E-state index contributed by atoms with van der Waals surface area (Å²) >= 11 is 0. The summed E-state index contributed by atoms with van der Waals surface area (Å²) in [5, 5.41) is 7.71. The van der Waals surface area contributed by atoms with Gasteiger partial charge in [-0.15, -0.1) is 0 Å². The van der Waals surface area contributed by atoms with E-state index < -0.39 is 0 Å². The minimum atomic E-state index is 0.689. The molecule has 4 nitrogen and oxygen atoms in total. The van der Waals surface area contributed by atoms with Crippen LogP contribution in [0.2, 0.25) is 0 Å². The highest BCUT2D eigenvalue weighted by molar-refractivity contribution is 5.27. The summed E-state index contributed by atoms with van der Waals surface area (Å²) < 4.78 is 7.69. The smallest absolute Gasteiger partial charge is 0.165 e. The first-order valence-electron chi connectivity index (χ1n) is 6.36. The third-order valence-electron chi connectivity index (χ3n) is 3.20. The number of rotatable bonds is 4. The van der Waals surface area contributed by atoms with E-state index in [0.717, 1.165) is 31.1 Å². The maximum absolute atomic E-state index is 5.72. The summed E-state index contributed by atoms with van der Waals surface area (Å²) in [4.78, 5) is 0. The number of para-hydroxylation sites is 1. The van der Waals surface area contributed by atoms with Crippen LogP contribution in [0.3, 0.4) is 0 Å². The van der Waals surface area contributed by atoms with Crippen LogP contribution in [-0.4, -0.2) is 22.9 Å². The van der Waals surface area contributed by atoms with Gasteiger partial charge in [0.1, 0.15) is 5.75 Å². The van der Waals surface area contributed by atoms with Crippen molar-refractivity contribution >= 4 is 0 Å². The zero-order valence-electron chi connectivity index (χ0n) is 10.2. The molecule has 1 aromatic carbocycles. The molecular weight excluding hydrogens is 226 g/mol. The average molecular weight is 243 g/mol. The number of hydrogen-bond donors (Lipinski definition) is 1. The molecule has 1 unspecified atom stereocenters. The van der Waals surface area contributed by atoms with Crippen LogP contribution >= 0.6 is 0 Å². The van der Waals surface area contributed by atoms with Crippen LogP contribution in [0.5, 0.6) is 11.5 Å². The van der Waals surface area contributed by atoms with Gasteiger partial charge in [0.15, 0.2) is 5.75 Å². The average Bonchev–Trinajstić information content (AvgIpc) is 3.03. The van der Waals surface area contributed by atoms with Crippen molar-refractivity contribution in [1.29, 1.82) is 0 Å². The first kappa shape index (κ1) is 11.3. The van der Waals surface area contributed by atoms with Gasteiger partial charge in [0.2, 0.25) is 0 Å². The van der Waals surface area contributed by atoms with E-state index in [1.807, 2.05) is 41.2 Å². The fourth-order valence-corrected chi connectivity index (χ4v) is 2.26. The maximum atomic E-state index is 5.72. The predicted molar refractivity (Wildman–Crippen MR) is 69.7 cm³/mol. The minimum absolute atomic E-state index is 0.689. The lowest BCUT2D eigenvalue weighted by atomic mass is 10.1. The van der Waals surface area contributed by atoms with E-state index >= 15 is 0 Å². The van der Waals surface area contributed by atoms with Gasteiger partial charge in [-0.2, -0.15) is 5.10 Å². The molecule has 18 heavy (non-hydrogen) atoms. The van der Waals surface area contributed by atoms with Gasteiger partial charge < -0.3 is 10.1 Å². The van der Waals surface area contributed by atoms with E-state index in [1.165, 1.54) is 6.42 Å². The van der Waals surface area contributed by atoms with Gasteiger partial charge in [-0.25, -0.2) is 0 Å². The molecule has 2 heterocycles. The fraction of sp³-hybridized carbons (Fsp3) is 0.357. The molecule has 4 heteroatoms. The lowest BCUT2D eigenvalue weighted by Crippen LogP contribution is -2.14. The Bertz CT molecular complexity index is 489. The summed E-state index contributed by atoms with van der Waals surface area (Å²) in [6.07, 6.45) is 4.97. The van der Waals surface area contributed by atoms with E-state index in [9.17, 15) is 0 Å². The highest BCUT2D eigenvalue weighted by Crippen LogP contribution is 2.20. The third kappa shape index (κ3) is 2.71. The number of ether oxygens (including phenoxy) is 1. The Morgan fingerprint density at radius 2 is 2.17 bits per heavy atom. The summed E-state index contributed by atoms with van der Waals surface area (Å²) in [7, 11) is 0. The highest BCUT2D eigenvalue weighted by atomic mass is 16.5. The van der Waals surface area contributed by atoms with Crippen LogP contribution in [-0.2, 0) is 6.54 Å². The molecule has 1 aromatic heterocycles. The molecule has 0 radical (unpaired) electrons. The molecule has 2 aromatic rings. The van der Waals surface area contributed by atoms with Gasteiger partial charge in [-0.3, -0.25) is 4.68 Å². The second-order valence-corrected chi connectivity index (χ2v) is 4.67. The standard InChI is InChI=1S/C14H17N3O/c1-2-4-13(5-3-1)18-14-9-16-17(11-14)10-12-6-7-15-8-12/h1-5,9,11-12,15H,6-8,10H2. The zero-order valence-corrected chi connectivity index (χ0v) is 10.2. The van der Waals surface area contributed by atoms with Crippen molar-refractivity contribution < 1.29 is 4.74 Å². The third-order valence-corrected chi connectivity index (χ3v) is 3.20. The largest absolute Gasteiger partial charge is 0.454 e. The summed E-state index contributed by atoms with van der Waals surface area (Å²) in [5.41, 5.74) is 0. The van der Waals surface area contributed by atoms with Crippen LogP contribution in [0, 0.1) is 5.92 Å². The molecule has 94 valence electrons. The first-order chi connectivity index (χ1) is 8.90. The lowest BCUT2D eigenvalue weighted by Gasteiger charge is -2.07. The number of nitrogens with one attached hydrogen (secondary N) is 1. The number of benzene rings is 1. The fourth-order valence-electron chi connectivity index (χ4n) is 2.26. The Morgan fingerprint density at radius 1 is 1.28 bits per heavy atom. The number of aromatic nitrogens is 2. The maximum Gasteiger partial charge on any atom is 0.165 e. The molecule has 0 saturated carbocycles. The molecule has 1 aliphatic heterocycles. The van der Waals surface area contributed by atoms with E-state index in [2.05, 4.69) is 10.4 Å². The van der Waals surface area contributed by atoms with Gasteiger partial charge in [-0.05, 0) is 37.6 Å². The van der Waals surface area contributed by atoms with Crippen LogP contribution in [0.1, 0.15) is 6.42 Å². The lowest BCUT2D eigenvalue weighted by molar-refractivity contribution is 0.444. The molecule has 1 atom stereocenters. The quantitative estimate of drug-likeness (QED) is 0.895. The molecule has 1 saturated heterocycles. The van der Waals surface area contributed by atoms with E-state index in [4.69, 9.17) is 4.74 Å².